The van der Waals surface area contributed by atoms with E-state index in [1.807, 2.05) is 29.2 Å². The van der Waals surface area contributed by atoms with Crippen LogP contribution in [0.1, 0.15) is 59.2 Å². The Morgan fingerprint density at radius 3 is 2.58 bits per heavy atom. The molecule has 3 aliphatic heterocycles. The summed E-state index contributed by atoms with van der Waals surface area (Å²) in [6, 6.07) is 13.7. The molecule has 2 aromatic carbocycles. The number of amides is 3. The van der Waals surface area contributed by atoms with Crippen LogP contribution < -0.4 is 15.5 Å². The molecule has 0 radical (unpaired) electrons. The van der Waals surface area contributed by atoms with Crippen LogP contribution >= 0.6 is 11.6 Å². The number of carbonyl (C=O) groups excluding carboxylic acids is 3. The summed E-state index contributed by atoms with van der Waals surface area (Å²) < 4.78 is 28.1. The molecule has 0 bridgehead atoms. The molecule has 2 N–H and O–H groups in total. The fraction of sp³-hybridized carbons (Fsp3) is 0.375. The maximum atomic E-state index is 14.1. The van der Waals surface area contributed by atoms with Crippen molar-refractivity contribution in [3.05, 3.63) is 82.0 Å². The number of nitrogens with zero attached hydrogens (tertiary/aromatic N) is 3. The first-order chi connectivity index (χ1) is 20.8. The SMILES string of the molecule is O=C1CCC(N2Cc3cc(CNCC4CCN(c5ncc(-c6cccc(Cl)c6)cc5C(F)F)CC4)ccc3C2=O)C(=O)N1. The van der Waals surface area contributed by atoms with E-state index < -0.39 is 18.4 Å². The quantitative estimate of drug-likeness (QED) is 0.346. The van der Waals surface area contributed by atoms with E-state index in [1.54, 1.807) is 29.3 Å². The Kier molecular flexibility index (Phi) is 8.41. The van der Waals surface area contributed by atoms with E-state index in [1.165, 1.54) is 6.07 Å². The molecular formula is C32H32ClF2N5O3. The van der Waals surface area contributed by atoms with Gasteiger partial charge in [-0.2, -0.15) is 0 Å². The third kappa shape index (κ3) is 6.26. The minimum Gasteiger partial charge on any atom is -0.356 e. The average Bonchev–Trinajstić information content (AvgIpc) is 3.32. The van der Waals surface area contributed by atoms with Crippen LogP contribution in [0.4, 0.5) is 14.6 Å². The number of nitrogens with one attached hydrogen (secondary N) is 2. The van der Waals surface area contributed by atoms with Gasteiger partial charge in [-0.3, -0.25) is 19.7 Å². The van der Waals surface area contributed by atoms with E-state index in [9.17, 15) is 23.2 Å². The minimum atomic E-state index is -2.64. The average molecular weight is 608 g/mol. The van der Waals surface area contributed by atoms with Crippen LogP contribution in [0, 0.1) is 5.92 Å². The Labute approximate surface area is 253 Å². The number of anilines is 1. The molecular weight excluding hydrogens is 576 g/mol. The number of hydrogen-bond acceptors (Lipinski definition) is 6. The first-order valence-electron chi connectivity index (χ1n) is 14.5. The van der Waals surface area contributed by atoms with Gasteiger partial charge in [0.05, 0.1) is 5.56 Å². The van der Waals surface area contributed by atoms with Crippen LogP contribution in [0.25, 0.3) is 11.1 Å². The lowest BCUT2D eigenvalue weighted by atomic mass is 9.96. The minimum absolute atomic E-state index is 0.0692. The second-order valence-corrected chi connectivity index (χ2v) is 11.8. The normalized spacial score (nSPS) is 19.3. The number of rotatable bonds is 8. The highest BCUT2D eigenvalue weighted by atomic mass is 35.5. The fourth-order valence-electron chi connectivity index (χ4n) is 6.23. The highest BCUT2D eigenvalue weighted by Crippen LogP contribution is 2.34. The van der Waals surface area contributed by atoms with Crippen LogP contribution in [0.3, 0.4) is 0 Å². The zero-order valence-electron chi connectivity index (χ0n) is 23.5. The molecule has 0 aliphatic carbocycles. The lowest BCUT2D eigenvalue weighted by Crippen LogP contribution is -2.52. The number of alkyl halides is 2. The molecule has 6 rings (SSSR count). The summed E-state index contributed by atoms with van der Waals surface area (Å²) in [6.45, 7) is 3.05. The van der Waals surface area contributed by atoms with Gasteiger partial charge in [0, 0.05) is 54.9 Å². The molecule has 3 amide bonds. The molecule has 3 aromatic rings. The van der Waals surface area contributed by atoms with Crippen molar-refractivity contribution in [3.8, 4) is 11.1 Å². The molecule has 43 heavy (non-hydrogen) atoms. The van der Waals surface area contributed by atoms with Crippen molar-refractivity contribution in [2.24, 2.45) is 5.92 Å². The number of imide groups is 1. The number of halogens is 3. The maximum absolute atomic E-state index is 14.1. The maximum Gasteiger partial charge on any atom is 0.267 e. The van der Waals surface area contributed by atoms with E-state index >= 15 is 0 Å². The van der Waals surface area contributed by atoms with Gasteiger partial charge in [-0.25, -0.2) is 13.8 Å². The molecule has 1 unspecified atom stereocenters. The van der Waals surface area contributed by atoms with Crippen molar-refractivity contribution in [3.63, 3.8) is 0 Å². The molecule has 224 valence electrons. The summed E-state index contributed by atoms with van der Waals surface area (Å²) in [5.74, 6) is -0.162. The number of fused-ring (bicyclic) bond motifs is 1. The van der Waals surface area contributed by atoms with Gasteiger partial charge < -0.3 is 15.1 Å². The summed E-state index contributed by atoms with van der Waals surface area (Å²) in [5.41, 5.74) is 3.81. The zero-order valence-corrected chi connectivity index (χ0v) is 24.2. The third-order valence-electron chi connectivity index (χ3n) is 8.55. The van der Waals surface area contributed by atoms with Crippen molar-refractivity contribution in [1.29, 1.82) is 0 Å². The highest BCUT2D eigenvalue weighted by Gasteiger charge is 2.39. The molecule has 3 aliphatic rings. The van der Waals surface area contributed by atoms with Crippen molar-refractivity contribution < 1.29 is 23.2 Å². The van der Waals surface area contributed by atoms with Crippen LogP contribution in [0.15, 0.2) is 54.7 Å². The Balaban J connectivity index is 1.02. The van der Waals surface area contributed by atoms with Crippen LogP contribution in [0.2, 0.25) is 5.02 Å². The van der Waals surface area contributed by atoms with Gasteiger partial charge in [0.2, 0.25) is 11.8 Å². The number of benzene rings is 2. The number of aromatic nitrogens is 1. The molecule has 1 atom stereocenters. The van der Waals surface area contributed by atoms with Crippen LogP contribution in [-0.2, 0) is 22.7 Å². The van der Waals surface area contributed by atoms with Gasteiger partial charge >= 0.3 is 0 Å². The standard InChI is InChI=1S/C32H32ClF2N5O3/c33-24-3-1-2-21(13-24)22-14-26(29(34)35)30(37-17-22)39-10-8-19(9-11-39)15-36-16-20-4-5-25-23(12-20)18-40(32(25)43)27-6-7-28(41)38-31(27)42/h1-5,12-14,17,19,27,29,36H,6-11,15-16,18H2,(H,38,41,42). The molecule has 11 heteroatoms. The van der Waals surface area contributed by atoms with Gasteiger partial charge in [0.25, 0.3) is 12.3 Å². The smallest absolute Gasteiger partial charge is 0.267 e. The van der Waals surface area contributed by atoms with E-state index in [0.29, 0.717) is 60.5 Å². The molecule has 0 spiro atoms. The Morgan fingerprint density at radius 1 is 1.02 bits per heavy atom. The number of piperidine rings is 2. The van der Waals surface area contributed by atoms with Crippen molar-refractivity contribution in [1.82, 2.24) is 20.5 Å². The molecule has 1 aromatic heterocycles. The van der Waals surface area contributed by atoms with Crippen molar-refractivity contribution in [2.75, 3.05) is 24.5 Å². The molecule has 8 nitrogen and oxygen atoms in total. The number of hydrogen-bond donors (Lipinski definition) is 2. The van der Waals surface area contributed by atoms with E-state index in [-0.39, 0.29) is 23.8 Å². The lowest BCUT2D eigenvalue weighted by Gasteiger charge is -2.34. The Bertz CT molecular complexity index is 1560. The first kappa shape index (κ1) is 29.2. The number of carbonyl (C=O) groups is 3. The summed E-state index contributed by atoms with van der Waals surface area (Å²) in [5, 5.41) is 6.38. The van der Waals surface area contributed by atoms with Crippen LogP contribution in [0.5, 0.6) is 0 Å². The largest absolute Gasteiger partial charge is 0.356 e. The zero-order chi connectivity index (χ0) is 30.1. The fourth-order valence-corrected chi connectivity index (χ4v) is 6.42. The second-order valence-electron chi connectivity index (χ2n) is 11.4. The molecule has 2 saturated heterocycles. The third-order valence-corrected chi connectivity index (χ3v) is 8.79. The Hall–Kier alpha value is -3.89. The predicted octanol–water partition coefficient (Wildman–Crippen LogP) is 5.11. The van der Waals surface area contributed by atoms with E-state index in [4.69, 9.17) is 11.6 Å². The Morgan fingerprint density at radius 2 is 1.84 bits per heavy atom. The van der Waals surface area contributed by atoms with Crippen LogP contribution in [-0.4, -0.2) is 53.3 Å². The predicted molar refractivity (Wildman–Crippen MR) is 159 cm³/mol. The van der Waals surface area contributed by atoms with Crippen molar-refractivity contribution >= 4 is 35.1 Å². The summed E-state index contributed by atoms with van der Waals surface area (Å²) in [6.07, 6.45) is 1.27. The summed E-state index contributed by atoms with van der Waals surface area (Å²) in [4.78, 5) is 44.7. The second kappa shape index (κ2) is 12.4. The summed E-state index contributed by atoms with van der Waals surface area (Å²) >= 11 is 6.09. The van der Waals surface area contributed by atoms with Gasteiger partial charge in [-0.1, -0.05) is 35.9 Å². The summed E-state index contributed by atoms with van der Waals surface area (Å²) in [7, 11) is 0. The lowest BCUT2D eigenvalue weighted by molar-refractivity contribution is -0.136. The monoisotopic (exact) mass is 607 g/mol. The molecule has 0 saturated carbocycles. The number of pyridine rings is 1. The first-order valence-corrected chi connectivity index (χ1v) is 14.9. The molecule has 4 heterocycles. The van der Waals surface area contributed by atoms with Gasteiger partial charge in [0.15, 0.2) is 0 Å². The molecule has 2 fully saturated rings. The van der Waals surface area contributed by atoms with E-state index in [2.05, 4.69) is 15.6 Å². The van der Waals surface area contributed by atoms with Gasteiger partial charge in [0.1, 0.15) is 11.9 Å². The van der Waals surface area contributed by atoms with Gasteiger partial charge in [-0.15, -0.1) is 0 Å². The van der Waals surface area contributed by atoms with E-state index in [0.717, 1.165) is 36.1 Å². The highest BCUT2D eigenvalue weighted by molar-refractivity contribution is 6.30. The topological polar surface area (TPSA) is 94.6 Å². The van der Waals surface area contributed by atoms with Gasteiger partial charge in [-0.05, 0) is 72.7 Å². The van der Waals surface area contributed by atoms with Crippen molar-refractivity contribution in [2.45, 2.75) is 51.2 Å².